The summed E-state index contributed by atoms with van der Waals surface area (Å²) < 4.78 is 16.3. The molecule has 1 fully saturated rings. The third-order valence-corrected chi connectivity index (χ3v) is 3.79. The van der Waals surface area contributed by atoms with E-state index in [4.69, 9.17) is 37.4 Å². The van der Waals surface area contributed by atoms with Crippen LogP contribution in [-0.2, 0) is 14.3 Å². The summed E-state index contributed by atoms with van der Waals surface area (Å²) in [5.41, 5.74) is 0. The lowest BCUT2D eigenvalue weighted by atomic mass is 10.1. The van der Waals surface area contributed by atoms with Crippen molar-refractivity contribution in [2.75, 3.05) is 13.2 Å². The number of rotatable bonds is 5. The number of hydrogen-bond donors (Lipinski definition) is 0. The first kappa shape index (κ1) is 16.6. The zero-order valence-corrected chi connectivity index (χ0v) is 13.3. The molecule has 1 aliphatic rings. The van der Waals surface area contributed by atoms with Gasteiger partial charge in [-0.2, -0.15) is 0 Å². The number of carbonyl (C=O) groups is 1. The first-order chi connectivity index (χ1) is 10.1. The van der Waals surface area contributed by atoms with E-state index >= 15 is 0 Å². The fraction of sp³-hybridized carbons (Fsp3) is 0.533. The monoisotopic (exact) mass is 332 g/mol. The van der Waals surface area contributed by atoms with Crippen LogP contribution in [0, 0.1) is 0 Å². The van der Waals surface area contributed by atoms with Gasteiger partial charge < -0.3 is 14.2 Å². The smallest absolute Gasteiger partial charge is 0.340 e. The molecule has 0 aromatic heterocycles. The summed E-state index contributed by atoms with van der Waals surface area (Å²) in [5.74, 6) is -0.270. The first-order valence-corrected chi connectivity index (χ1v) is 7.72. The van der Waals surface area contributed by atoms with Crippen molar-refractivity contribution in [3.05, 3.63) is 28.2 Å². The molecule has 0 aliphatic carbocycles. The largest absolute Gasteiger partial charge is 0.423 e. The van der Waals surface area contributed by atoms with Crippen molar-refractivity contribution in [1.82, 2.24) is 0 Å². The SMILES string of the molecule is CC(OCC1CCCCO1)C(=O)Oc1cc(Cl)ccc1Cl. The van der Waals surface area contributed by atoms with Crippen LogP contribution in [0.4, 0.5) is 0 Å². The predicted molar refractivity (Wildman–Crippen MR) is 81.1 cm³/mol. The maximum absolute atomic E-state index is 12.0. The van der Waals surface area contributed by atoms with E-state index in [1.807, 2.05) is 0 Å². The van der Waals surface area contributed by atoms with Crippen LogP contribution >= 0.6 is 23.2 Å². The van der Waals surface area contributed by atoms with Crippen LogP contribution < -0.4 is 4.74 Å². The Morgan fingerprint density at radius 1 is 1.43 bits per heavy atom. The standard InChI is InChI=1S/C15H18Cl2O4/c1-10(20-9-12-4-2-3-7-19-12)15(18)21-14-8-11(16)5-6-13(14)17/h5-6,8,10,12H,2-4,7,9H2,1H3. The highest BCUT2D eigenvalue weighted by Crippen LogP contribution is 2.28. The summed E-state index contributed by atoms with van der Waals surface area (Å²) in [5, 5.41) is 0.780. The third-order valence-electron chi connectivity index (χ3n) is 3.24. The quantitative estimate of drug-likeness (QED) is 0.606. The molecule has 1 aromatic carbocycles. The van der Waals surface area contributed by atoms with Crippen LogP contribution in [0.25, 0.3) is 0 Å². The molecule has 0 bridgehead atoms. The zero-order valence-electron chi connectivity index (χ0n) is 11.8. The lowest BCUT2D eigenvalue weighted by Gasteiger charge is -2.23. The van der Waals surface area contributed by atoms with Crippen molar-refractivity contribution in [1.29, 1.82) is 0 Å². The van der Waals surface area contributed by atoms with E-state index in [1.165, 1.54) is 6.07 Å². The van der Waals surface area contributed by atoms with Gasteiger partial charge >= 0.3 is 5.97 Å². The summed E-state index contributed by atoms with van der Waals surface area (Å²) in [6.45, 7) is 2.79. The Bertz CT molecular complexity index is 487. The van der Waals surface area contributed by atoms with Crippen molar-refractivity contribution in [3.63, 3.8) is 0 Å². The molecule has 0 N–H and O–H groups in total. The minimum Gasteiger partial charge on any atom is -0.423 e. The number of carbonyl (C=O) groups excluding carboxylic acids is 1. The lowest BCUT2D eigenvalue weighted by Crippen LogP contribution is -2.31. The normalized spacial score (nSPS) is 20.0. The zero-order chi connectivity index (χ0) is 15.2. The van der Waals surface area contributed by atoms with Gasteiger partial charge in [-0.3, -0.25) is 0 Å². The van der Waals surface area contributed by atoms with Crippen molar-refractivity contribution in [2.45, 2.75) is 38.4 Å². The molecule has 21 heavy (non-hydrogen) atoms. The molecule has 1 aromatic rings. The second kappa shape index (κ2) is 7.99. The average Bonchev–Trinajstić information content (AvgIpc) is 2.49. The van der Waals surface area contributed by atoms with Crippen LogP contribution in [0.3, 0.4) is 0 Å². The Kier molecular flexibility index (Phi) is 6.30. The fourth-order valence-corrected chi connectivity index (χ4v) is 2.32. The second-order valence-electron chi connectivity index (χ2n) is 4.96. The molecule has 2 atom stereocenters. The Hall–Kier alpha value is -0.810. The number of ether oxygens (including phenoxy) is 3. The molecule has 0 spiro atoms. The molecule has 2 rings (SSSR count). The molecule has 2 unspecified atom stereocenters. The number of hydrogen-bond acceptors (Lipinski definition) is 4. The first-order valence-electron chi connectivity index (χ1n) is 6.96. The molecule has 1 saturated heterocycles. The van der Waals surface area contributed by atoms with Gasteiger partial charge in [0.1, 0.15) is 0 Å². The molecule has 0 saturated carbocycles. The van der Waals surface area contributed by atoms with E-state index in [1.54, 1.807) is 19.1 Å². The van der Waals surface area contributed by atoms with Gasteiger partial charge in [0.25, 0.3) is 0 Å². The molecule has 1 heterocycles. The molecule has 6 heteroatoms. The van der Waals surface area contributed by atoms with Gasteiger partial charge in [0.2, 0.25) is 0 Å². The minimum atomic E-state index is -0.689. The molecule has 1 aliphatic heterocycles. The molecular weight excluding hydrogens is 315 g/mol. The van der Waals surface area contributed by atoms with Crippen molar-refractivity contribution in [3.8, 4) is 5.75 Å². The van der Waals surface area contributed by atoms with Crippen molar-refractivity contribution >= 4 is 29.2 Å². The summed E-state index contributed by atoms with van der Waals surface area (Å²) in [7, 11) is 0. The van der Waals surface area contributed by atoms with E-state index in [0.29, 0.717) is 16.7 Å². The molecule has 116 valence electrons. The molecule has 4 nitrogen and oxygen atoms in total. The Balaban J connectivity index is 1.82. The highest BCUT2D eigenvalue weighted by Gasteiger charge is 2.21. The van der Waals surface area contributed by atoms with Crippen LogP contribution in [0.5, 0.6) is 5.75 Å². The average molecular weight is 333 g/mol. The van der Waals surface area contributed by atoms with Crippen LogP contribution in [-0.4, -0.2) is 31.4 Å². The number of halogens is 2. The minimum absolute atomic E-state index is 0.0590. The van der Waals surface area contributed by atoms with Crippen molar-refractivity contribution in [2.24, 2.45) is 0 Å². The summed E-state index contributed by atoms with van der Waals surface area (Å²) in [6, 6.07) is 4.70. The topological polar surface area (TPSA) is 44.8 Å². The highest BCUT2D eigenvalue weighted by molar-refractivity contribution is 6.34. The van der Waals surface area contributed by atoms with Gasteiger partial charge in [0, 0.05) is 17.7 Å². The van der Waals surface area contributed by atoms with Crippen LogP contribution in [0.2, 0.25) is 10.0 Å². The summed E-state index contributed by atoms with van der Waals surface area (Å²) >= 11 is 11.8. The summed E-state index contributed by atoms with van der Waals surface area (Å²) in [6.07, 6.45) is 2.54. The fourth-order valence-electron chi connectivity index (χ4n) is 2.01. The van der Waals surface area contributed by atoms with E-state index in [2.05, 4.69) is 0 Å². The molecule has 0 radical (unpaired) electrons. The van der Waals surface area contributed by atoms with E-state index in [-0.39, 0.29) is 11.9 Å². The van der Waals surface area contributed by atoms with Gasteiger partial charge in [-0.1, -0.05) is 23.2 Å². The molecule has 0 amide bonds. The van der Waals surface area contributed by atoms with E-state index in [9.17, 15) is 4.79 Å². The second-order valence-corrected chi connectivity index (χ2v) is 5.80. The van der Waals surface area contributed by atoms with Gasteiger partial charge in [0.15, 0.2) is 11.9 Å². The van der Waals surface area contributed by atoms with E-state index < -0.39 is 12.1 Å². The van der Waals surface area contributed by atoms with Gasteiger partial charge in [0.05, 0.1) is 17.7 Å². The van der Waals surface area contributed by atoms with E-state index in [0.717, 1.165) is 25.9 Å². The van der Waals surface area contributed by atoms with Crippen LogP contribution in [0.15, 0.2) is 18.2 Å². The Morgan fingerprint density at radius 2 is 2.24 bits per heavy atom. The van der Waals surface area contributed by atoms with Gasteiger partial charge in [-0.05, 0) is 38.3 Å². The predicted octanol–water partition coefficient (Wildman–Crippen LogP) is 3.87. The van der Waals surface area contributed by atoms with Gasteiger partial charge in [-0.15, -0.1) is 0 Å². The number of esters is 1. The van der Waals surface area contributed by atoms with Gasteiger partial charge in [-0.25, -0.2) is 4.79 Å². The van der Waals surface area contributed by atoms with Crippen molar-refractivity contribution < 1.29 is 19.0 Å². The third kappa shape index (κ3) is 5.15. The number of benzene rings is 1. The Labute approximate surface area is 134 Å². The summed E-state index contributed by atoms with van der Waals surface area (Å²) in [4.78, 5) is 12.0. The highest BCUT2D eigenvalue weighted by atomic mass is 35.5. The maximum atomic E-state index is 12.0. The Morgan fingerprint density at radius 3 is 2.95 bits per heavy atom. The lowest BCUT2D eigenvalue weighted by molar-refractivity contribution is -0.149. The maximum Gasteiger partial charge on any atom is 0.340 e. The van der Waals surface area contributed by atoms with Crippen LogP contribution in [0.1, 0.15) is 26.2 Å². The molecular formula is C15H18Cl2O4.